The number of aliphatic hydroxyl groups is 1. The molecular weight excluding hydrogens is 613 g/mol. The van der Waals surface area contributed by atoms with Crippen molar-refractivity contribution in [3.63, 3.8) is 0 Å². The third-order valence-electron chi connectivity index (χ3n) is 11.7. The molecule has 8 rings (SSSR count). The number of benzene rings is 4. The molecule has 2 aliphatic rings. The van der Waals surface area contributed by atoms with Crippen LogP contribution in [0.15, 0.2) is 109 Å². The van der Waals surface area contributed by atoms with Gasteiger partial charge in [0.25, 0.3) is 0 Å². The number of fused-ring (bicyclic) bond motifs is 10. The number of hydrogen-bond donors (Lipinski definition) is 1. The maximum absolute atomic E-state index is 9.86. The first-order valence-corrected chi connectivity index (χ1v) is 18.1. The number of allylic oxidation sites excluding steroid dienone is 5. The number of anilines is 2. The van der Waals surface area contributed by atoms with E-state index in [9.17, 15) is 5.11 Å². The summed E-state index contributed by atoms with van der Waals surface area (Å²) in [6.45, 7) is 11.7. The van der Waals surface area contributed by atoms with Gasteiger partial charge in [0.05, 0.1) is 6.04 Å². The molecule has 4 aromatic carbocycles. The maximum atomic E-state index is 9.86. The molecule has 4 heterocycles. The Bertz CT molecular complexity index is 2400. The van der Waals surface area contributed by atoms with Gasteiger partial charge >= 0.3 is 0 Å². The van der Waals surface area contributed by atoms with Gasteiger partial charge in [-0.05, 0) is 66.4 Å². The Morgan fingerprint density at radius 3 is 1.98 bits per heavy atom. The van der Waals surface area contributed by atoms with Gasteiger partial charge in [0.2, 0.25) is 0 Å². The predicted molar refractivity (Wildman–Crippen MR) is 214 cm³/mol. The van der Waals surface area contributed by atoms with Crippen molar-refractivity contribution in [2.45, 2.75) is 64.3 Å². The topological polar surface area (TPSA) is 36.6 Å². The van der Waals surface area contributed by atoms with Gasteiger partial charge in [0, 0.05) is 107 Å². The highest BCUT2D eigenvalue weighted by atomic mass is 16.3. The van der Waals surface area contributed by atoms with Crippen molar-refractivity contribution in [1.29, 1.82) is 0 Å². The molecule has 1 N–H and O–H groups in total. The van der Waals surface area contributed by atoms with Crippen LogP contribution in [0.2, 0.25) is 0 Å². The molecule has 1 atom stereocenters. The minimum atomic E-state index is -0.228. The van der Waals surface area contributed by atoms with E-state index in [1.165, 1.54) is 71.8 Å². The maximum Gasteiger partial charge on any atom is 0.0568 e. The van der Waals surface area contributed by atoms with Crippen molar-refractivity contribution in [2.75, 3.05) is 29.5 Å². The summed E-state index contributed by atoms with van der Waals surface area (Å²) in [7, 11) is 4.34. The lowest BCUT2D eigenvalue weighted by Crippen LogP contribution is -2.40. The number of hydrogen-bond acceptors (Lipinski definition) is 3. The Labute approximate surface area is 297 Å². The summed E-state index contributed by atoms with van der Waals surface area (Å²) in [5.74, 6) is 0. The normalized spacial score (nSPS) is 19.4. The molecule has 0 aliphatic carbocycles. The SMILES string of the molecule is [3H]CCCN1c2ccc3c(c2C(C)(C)C1/C=C/C=C/C=C1/N(CCCO)c2ccc4c(c2C1(C)C)c1ccccc1n4C)c1ccccc1n3C. The zero-order valence-corrected chi connectivity index (χ0v) is 30.4. The lowest BCUT2D eigenvalue weighted by atomic mass is 9.78. The third kappa shape index (κ3) is 4.55. The van der Waals surface area contributed by atoms with Gasteiger partial charge in [-0.1, -0.05) is 95.3 Å². The van der Waals surface area contributed by atoms with Gasteiger partial charge in [0.15, 0.2) is 0 Å². The van der Waals surface area contributed by atoms with Crippen molar-refractivity contribution in [3.8, 4) is 0 Å². The van der Waals surface area contributed by atoms with Crippen LogP contribution < -0.4 is 9.80 Å². The van der Waals surface area contributed by atoms with Gasteiger partial charge in [-0.25, -0.2) is 0 Å². The van der Waals surface area contributed by atoms with E-state index in [1.54, 1.807) is 0 Å². The van der Waals surface area contributed by atoms with Crippen LogP contribution in [0.1, 0.15) is 59.9 Å². The highest BCUT2D eigenvalue weighted by molar-refractivity contribution is 6.13. The Balaban J connectivity index is 1.17. The molecular formula is C45H50N4O. The van der Waals surface area contributed by atoms with Crippen LogP contribution in [0.4, 0.5) is 11.4 Å². The third-order valence-corrected chi connectivity index (χ3v) is 11.7. The van der Waals surface area contributed by atoms with Gasteiger partial charge in [-0.3, -0.25) is 0 Å². The van der Waals surface area contributed by atoms with E-state index in [4.69, 9.17) is 1.37 Å². The van der Waals surface area contributed by atoms with Crippen molar-refractivity contribution in [2.24, 2.45) is 14.1 Å². The van der Waals surface area contributed by atoms with Crippen molar-refractivity contribution < 1.29 is 6.48 Å². The molecule has 2 aliphatic heterocycles. The summed E-state index contributed by atoms with van der Waals surface area (Å²) in [6, 6.07) is 26.8. The summed E-state index contributed by atoms with van der Waals surface area (Å²) in [5, 5.41) is 15.1. The summed E-state index contributed by atoms with van der Waals surface area (Å²) in [5.41, 5.74) is 11.2. The first-order valence-electron chi connectivity index (χ1n) is 18.8. The fraction of sp³-hybridized carbons (Fsp3) is 0.333. The second-order valence-electron chi connectivity index (χ2n) is 15.2. The number of aromatic nitrogens is 2. The fourth-order valence-corrected chi connectivity index (χ4v) is 9.43. The molecule has 5 heteroatoms. The average Bonchev–Trinajstić information content (AvgIpc) is 3.74. The standard InChI is InChI=1S/C45H50N4O/c1-8-27-48-36-25-23-34-40(30-17-12-14-19-32(30)46(34)6)42(36)44(2,3)38(48)21-10-9-11-22-39-45(4,5)43-37(49(39)28-16-29-50)26-24-35-41(43)31-18-13-15-20-33(31)47(35)7/h9-15,17-26,38,50H,8,16,27-29H2,1-7H3/b11-9+,21-10+,39-22+/i1T. The molecule has 0 spiro atoms. The van der Waals surface area contributed by atoms with Crippen molar-refractivity contribution >= 4 is 55.0 Å². The monoisotopic (exact) mass is 664 g/mol. The summed E-state index contributed by atoms with van der Waals surface area (Å²) in [4.78, 5) is 4.96. The largest absolute Gasteiger partial charge is 0.396 e. The van der Waals surface area contributed by atoms with Crippen LogP contribution >= 0.6 is 0 Å². The zero-order chi connectivity index (χ0) is 35.7. The van der Waals surface area contributed by atoms with Crippen molar-refractivity contribution in [3.05, 3.63) is 120 Å². The molecule has 5 nitrogen and oxygen atoms in total. The lowest BCUT2D eigenvalue weighted by Gasteiger charge is -2.32. The van der Waals surface area contributed by atoms with E-state index in [-0.39, 0.29) is 23.5 Å². The fourth-order valence-electron chi connectivity index (χ4n) is 9.43. The van der Waals surface area contributed by atoms with Crippen LogP contribution in [0.25, 0.3) is 43.6 Å². The molecule has 1 unspecified atom stereocenters. The average molecular weight is 665 g/mol. The quantitative estimate of drug-likeness (QED) is 0.165. The van der Waals surface area contributed by atoms with Gasteiger partial charge in [-0.15, -0.1) is 0 Å². The second kappa shape index (κ2) is 11.9. The van der Waals surface area contributed by atoms with E-state index < -0.39 is 0 Å². The minimum absolute atomic E-state index is 0.135. The Morgan fingerprint density at radius 2 is 1.34 bits per heavy atom. The lowest BCUT2D eigenvalue weighted by molar-refractivity contribution is 0.290. The predicted octanol–water partition coefficient (Wildman–Crippen LogP) is 10.0. The zero-order valence-electron chi connectivity index (χ0n) is 31.4. The summed E-state index contributed by atoms with van der Waals surface area (Å²) < 4.78 is 12.6. The number of aliphatic hydroxyl groups excluding tert-OH is 1. The minimum Gasteiger partial charge on any atom is -0.396 e. The van der Waals surface area contributed by atoms with Crippen LogP contribution in [-0.2, 0) is 24.9 Å². The Hall–Kier alpha value is -4.74. The van der Waals surface area contributed by atoms with Crippen molar-refractivity contribution in [1.82, 2.24) is 9.13 Å². The van der Waals surface area contributed by atoms with E-state index in [0.29, 0.717) is 13.3 Å². The van der Waals surface area contributed by atoms with Crippen LogP contribution in [0.3, 0.4) is 0 Å². The van der Waals surface area contributed by atoms with E-state index in [0.717, 1.165) is 19.5 Å². The number of nitrogens with zero attached hydrogens (tertiary/aromatic N) is 4. The molecule has 0 fully saturated rings. The van der Waals surface area contributed by atoms with Crippen LogP contribution in [0.5, 0.6) is 0 Å². The molecule has 0 saturated heterocycles. The first-order chi connectivity index (χ1) is 24.6. The molecule has 0 amide bonds. The number of aryl methyl sites for hydroxylation is 2. The molecule has 0 saturated carbocycles. The summed E-state index contributed by atoms with van der Waals surface area (Å²) in [6.07, 6.45) is 12.8. The van der Waals surface area contributed by atoms with Gasteiger partial charge < -0.3 is 24.0 Å². The van der Waals surface area contributed by atoms with Gasteiger partial charge in [-0.2, -0.15) is 0 Å². The van der Waals surface area contributed by atoms with E-state index in [2.05, 4.69) is 164 Å². The van der Waals surface area contributed by atoms with E-state index in [1.807, 2.05) is 0 Å². The molecule has 6 aromatic rings. The first kappa shape index (κ1) is 31.3. The number of para-hydroxylation sites is 2. The molecule has 0 radical (unpaired) electrons. The van der Waals surface area contributed by atoms with E-state index >= 15 is 0 Å². The van der Waals surface area contributed by atoms with Crippen LogP contribution in [0, 0.1) is 0 Å². The second-order valence-corrected chi connectivity index (χ2v) is 15.2. The smallest absolute Gasteiger partial charge is 0.0568 e. The highest BCUT2D eigenvalue weighted by Gasteiger charge is 2.45. The number of rotatable bonds is 8. The molecule has 256 valence electrons. The molecule has 0 bridgehead atoms. The molecule has 2 aromatic heterocycles. The highest BCUT2D eigenvalue weighted by Crippen LogP contribution is 2.53. The molecule has 50 heavy (non-hydrogen) atoms. The Morgan fingerprint density at radius 1 is 0.720 bits per heavy atom. The van der Waals surface area contributed by atoms with Gasteiger partial charge in [0.1, 0.15) is 0 Å². The Kier molecular flexibility index (Phi) is 7.47. The van der Waals surface area contributed by atoms with Crippen LogP contribution in [-0.4, -0.2) is 40.0 Å². The summed E-state index contributed by atoms with van der Waals surface area (Å²) >= 11 is 0.